The van der Waals surface area contributed by atoms with Crippen LogP contribution in [-0.2, 0) is 4.79 Å². The summed E-state index contributed by atoms with van der Waals surface area (Å²) < 4.78 is 0. The van der Waals surface area contributed by atoms with Gasteiger partial charge in [-0.3, -0.25) is 4.79 Å². The van der Waals surface area contributed by atoms with Crippen LogP contribution in [0.5, 0.6) is 0 Å². The molecule has 0 spiro atoms. The predicted octanol–water partition coefficient (Wildman–Crippen LogP) is 0.945. The highest BCUT2D eigenvalue weighted by molar-refractivity contribution is 8.00. The normalized spacial score (nSPS) is 36.3. The standard InChI is InChI=1S/C8H15NO2S/c1-6-8(9-2,7(10)11)4-3-5-12-6/h6,9H,3-5H2,1-2H3,(H,10,11). The third-order valence-corrected chi connectivity index (χ3v) is 4.03. The number of hydrogen-bond donors (Lipinski definition) is 2. The van der Waals surface area contributed by atoms with Gasteiger partial charge in [0.25, 0.3) is 0 Å². The van der Waals surface area contributed by atoms with E-state index in [0.717, 1.165) is 18.6 Å². The number of rotatable bonds is 2. The van der Waals surface area contributed by atoms with Crippen molar-refractivity contribution < 1.29 is 9.90 Å². The van der Waals surface area contributed by atoms with E-state index in [0.29, 0.717) is 0 Å². The van der Waals surface area contributed by atoms with Gasteiger partial charge in [0.2, 0.25) is 0 Å². The van der Waals surface area contributed by atoms with E-state index in [9.17, 15) is 4.79 Å². The Balaban J connectivity index is 2.81. The summed E-state index contributed by atoms with van der Waals surface area (Å²) in [5, 5.41) is 12.2. The van der Waals surface area contributed by atoms with Crippen LogP contribution in [0.25, 0.3) is 0 Å². The van der Waals surface area contributed by atoms with Crippen molar-refractivity contribution in [2.45, 2.75) is 30.6 Å². The number of carbonyl (C=O) groups is 1. The molecule has 0 saturated carbocycles. The van der Waals surface area contributed by atoms with E-state index >= 15 is 0 Å². The summed E-state index contributed by atoms with van der Waals surface area (Å²) in [6.45, 7) is 1.98. The zero-order valence-electron chi connectivity index (χ0n) is 7.46. The minimum absolute atomic E-state index is 0.161. The summed E-state index contributed by atoms with van der Waals surface area (Å²) in [6.07, 6.45) is 1.73. The molecule has 0 radical (unpaired) electrons. The van der Waals surface area contributed by atoms with Gasteiger partial charge in [0.15, 0.2) is 0 Å². The van der Waals surface area contributed by atoms with Gasteiger partial charge in [0.05, 0.1) is 0 Å². The molecule has 0 aromatic rings. The smallest absolute Gasteiger partial charge is 0.325 e. The number of thioether (sulfide) groups is 1. The predicted molar refractivity (Wildman–Crippen MR) is 50.6 cm³/mol. The molecular formula is C8H15NO2S. The fourth-order valence-electron chi connectivity index (χ4n) is 1.67. The van der Waals surface area contributed by atoms with Gasteiger partial charge >= 0.3 is 5.97 Å². The van der Waals surface area contributed by atoms with Gasteiger partial charge in [0, 0.05) is 5.25 Å². The summed E-state index contributed by atoms with van der Waals surface area (Å²) in [6, 6.07) is 0. The molecular weight excluding hydrogens is 174 g/mol. The van der Waals surface area contributed by atoms with Crippen LogP contribution in [0.1, 0.15) is 19.8 Å². The minimum atomic E-state index is -0.718. The van der Waals surface area contributed by atoms with Crippen LogP contribution in [0.3, 0.4) is 0 Å². The Labute approximate surface area is 76.9 Å². The number of likely N-dealkylation sites (N-methyl/N-ethyl adjacent to an activating group) is 1. The Morgan fingerprint density at radius 1 is 1.75 bits per heavy atom. The fraction of sp³-hybridized carbons (Fsp3) is 0.875. The Kier molecular flexibility index (Phi) is 3.01. The van der Waals surface area contributed by atoms with Crippen LogP contribution in [-0.4, -0.2) is 34.7 Å². The molecule has 1 fully saturated rings. The first-order valence-electron chi connectivity index (χ1n) is 4.17. The number of hydrogen-bond acceptors (Lipinski definition) is 3. The maximum Gasteiger partial charge on any atom is 0.325 e. The number of carboxylic acids is 1. The lowest BCUT2D eigenvalue weighted by Gasteiger charge is -2.38. The molecule has 2 atom stereocenters. The Morgan fingerprint density at radius 2 is 2.42 bits per heavy atom. The van der Waals surface area contributed by atoms with E-state index in [1.807, 2.05) is 6.92 Å². The van der Waals surface area contributed by atoms with E-state index < -0.39 is 11.5 Å². The molecule has 0 aromatic heterocycles. The van der Waals surface area contributed by atoms with Gasteiger partial charge in [-0.15, -0.1) is 0 Å². The van der Waals surface area contributed by atoms with Crippen molar-refractivity contribution >= 4 is 17.7 Å². The maximum absolute atomic E-state index is 11.0. The van der Waals surface area contributed by atoms with Gasteiger partial charge in [-0.05, 0) is 25.6 Å². The molecule has 70 valence electrons. The lowest BCUT2D eigenvalue weighted by Crippen LogP contribution is -2.58. The average Bonchev–Trinajstić information content (AvgIpc) is 2.05. The summed E-state index contributed by atoms with van der Waals surface area (Å²) in [5.74, 6) is 0.363. The lowest BCUT2D eigenvalue weighted by molar-refractivity contribution is -0.145. The summed E-state index contributed by atoms with van der Waals surface area (Å²) in [7, 11) is 1.73. The second-order valence-corrected chi connectivity index (χ2v) is 4.59. The highest BCUT2D eigenvalue weighted by Gasteiger charge is 2.44. The molecule has 1 rings (SSSR count). The van der Waals surface area contributed by atoms with Crippen LogP contribution < -0.4 is 5.32 Å². The van der Waals surface area contributed by atoms with Gasteiger partial charge < -0.3 is 10.4 Å². The second kappa shape index (κ2) is 3.66. The first-order valence-corrected chi connectivity index (χ1v) is 5.22. The topological polar surface area (TPSA) is 49.3 Å². The van der Waals surface area contributed by atoms with E-state index in [2.05, 4.69) is 5.32 Å². The fourth-order valence-corrected chi connectivity index (χ4v) is 2.96. The Morgan fingerprint density at radius 3 is 2.75 bits per heavy atom. The molecule has 0 bridgehead atoms. The van der Waals surface area contributed by atoms with Crippen LogP contribution in [0.4, 0.5) is 0 Å². The molecule has 1 aliphatic rings. The molecule has 1 aliphatic heterocycles. The molecule has 4 heteroatoms. The third-order valence-electron chi connectivity index (χ3n) is 2.61. The molecule has 2 unspecified atom stereocenters. The van der Waals surface area contributed by atoms with Gasteiger partial charge in [0.1, 0.15) is 5.54 Å². The molecule has 12 heavy (non-hydrogen) atoms. The largest absolute Gasteiger partial charge is 0.480 e. The highest BCUT2D eigenvalue weighted by Crippen LogP contribution is 2.33. The van der Waals surface area contributed by atoms with Gasteiger partial charge in [-0.25, -0.2) is 0 Å². The summed E-state index contributed by atoms with van der Waals surface area (Å²) in [5.41, 5.74) is -0.692. The number of nitrogens with one attached hydrogen (secondary N) is 1. The molecule has 0 aromatic carbocycles. The molecule has 3 nitrogen and oxygen atoms in total. The van der Waals surface area contributed by atoms with Crippen molar-refractivity contribution in [1.82, 2.24) is 5.32 Å². The zero-order chi connectivity index (χ0) is 9.19. The van der Waals surface area contributed by atoms with Crippen molar-refractivity contribution in [3.8, 4) is 0 Å². The van der Waals surface area contributed by atoms with Crippen LogP contribution in [0, 0.1) is 0 Å². The van der Waals surface area contributed by atoms with Crippen molar-refractivity contribution in [2.75, 3.05) is 12.8 Å². The first-order chi connectivity index (χ1) is 5.63. The van der Waals surface area contributed by atoms with E-state index in [4.69, 9.17) is 5.11 Å². The Bertz CT molecular complexity index is 186. The second-order valence-electron chi connectivity index (χ2n) is 3.14. The first kappa shape index (κ1) is 9.86. The van der Waals surface area contributed by atoms with Gasteiger partial charge in [-0.1, -0.05) is 6.92 Å². The summed E-state index contributed by atoms with van der Waals surface area (Å²) in [4.78, 5) is 11.0. The average molecular weight is 189 g/mol. The Hall–Kier alpha value is -0.220. The third kappa shape index (κ3) is 1.45. The highest BCUT2D eigenvalue weighted by atomic mass is 32.2. The van der Waals surface area contributed by atoms with Crippen LogP contribution in [0.15, 0.2) is 0 Å². The molecule has 2 N–H and O–H groups in total. The maximum atomic E-state index is 11.0. The summed E-state index contributed by atoms with van der Waals surface area (Å²) >= 11 is 1.73. The number of carboxylic acid groups (broad SMARTS) is 1. The lowest BCUT2D eigenvalue weighted by atomic mass is 9.90. The van der Waals surface area contributed by atoms with Crippen molar-refractivity contribution in [2.24, 2.45) is 0 Å². The van der Waals surface area contributed by atoms with Crippen molar-refractivity contribution in [3.05, 3.63) is 0 Å². The van der Waals surface area contributed by atoms with E-state index in [1.54, 1.807) is 18.8 Å². The quantitative estimate of drug-likeness (QED) is 0.679. The van der Waals surface area contributed by atoms with Crippen LogP contribution in [0.2, 0.25) is 0 Å². The van der Waals surface area contributed by atoms with Crippen molar-refractivity contribution in [3.63, 3.8) is 0 Å². The van der Waals surface area contributed by atoms with E-state index in [1.165, 1.54) is 0 Å². The van der Waals surface area contributed by atoms with Crippen LogP contribution >= 0.6 is 11.8 Å². The minimum Gasteiger partial charge on any atom is -0.480 e. The van der Waals surface area contributed by atoms with Gasteiger partial charge in [-0.2, -0.15) is 11.8 Å². The molecule has 0 aliphatic carbocycles. The SMILES string of the molecule is CNC1(C(=O)O)CCCSC1C. The molecule has 0 amide bonds. The van der Waals surface area contributed by atoms with Crippen molar-refractivity contribution in [1.29, 1.82) is 0 Å². The zero-order valence-corrected chi connectivity index (χ0v) is 8.28. The molecule has 1 saturated heterocycles. The molecule has 1 heterocycles. The van der Waals surface area contributed by atoms with E-state index in [-0.39, 0.29) is 5.25 Å². The number of aliphatic carboxylic acids is 1. The monoisotopic (exact) mass is 189 g/mol.